The average molecular weight is 627 g/mol. The molecule has 1 fully saturated rings. The number of aromatic nitrogens is 1. The van der Waals surface area contributed by atoms with Gasteiger partial charge in [0.2, 0.25) is 0 Å². The molecular formula is C29H22F8N4O3. The Balaban J connectivity index is 1.57. The van der Waals surface area contributed by atoms with E-state index in [1.54, 1.807) is 0 Å². The molecule has 3 aromatic rings. The molecule has 44 heavy (non-hydrogen) atoms. The van der Waals surface area contributed by atoms with Crippen LogP contribution in [0.1, 0.15) is 36.5 Å². The normalized spacial score (nSPS) is 19.4. The zero-order valence-corrected chi connectivity index (χ0v) is 22.7. The van der Waals surface area contributed by atoms with Crippen LogP contribution in [0.3, 0.4) is 0 Å². The van der Waals surface area contributed by atoms with Gasteiger partial charge in [-0.05, 0) is 50.1 Å². The fourth-order valence-corrected chi connectivity index (χ4v) is 5.38. The molecule has 0 unspecified atom stereocenters. The van der Waals surface area contributed by atoms with Crippen molar-refractivity contribution in [3.8, 4) is 11.1 Å². The molecule has 0 radical (unpaired) electrons. The minimum atomic E-state index is -4.90. The van der Waals surface area contributed by atoms with Gasteiger partial charge in [-0.1, -0.05) is 12.1 Å². The fraction of sp³-hybridized carbons (Fsp3) is 0.276. The fourth-order valence-electron chi connectivity index (χ4n) is 5.38. The predicted octanol–water partition coefficient (Wildman–Crippen LogP) is 6.63. The maximum atomic E-state index is 14.5. The Morgan fingerprint density at radius 3 is 2.41 bits per heavy atom. The Morgan fingerprint density at radius 2 is 1.73 bits per heavy atom. The number of halogens is 8. The van der Waals surface area contributed by atoms with E-state index in [1.807, 2.05) is 0 Å². The smallest absolute Gasteiger partial charge is 0.417 e. The predicted molar refractivity (Wildman–Crippen MR) is 139 cm³/mol. The third-order valence-electron chi connectivity index (χ3n) is 7.64. The van der Waals surface area contributed by atoms with E-state index in [0.717, 1.165) is 23.3 Å². The molecule has 0 bridgehead atoms. The number of nitrogens with one attached hydrogen (secondary N) is 1. The second kappa shape index (κ2) is 10.9. The summed E-state index contributed by atoms with van der Waals surface area (Å²) in [6, 6.07) is 5.77. The van der Waals surface area contributed by atoms with Crippen LogP contribution in [0, 0.1) is 11.6 Å². The van der Waals surface area contributed by atoms with Gasteiger partial charge in [-0.2, -0.15) is 26.3 Å². The van der Waals surface area contributed by atoms with Gasteiger partial charge in [-0.3, -0.25) is 19.6 Å². The van der Waals surface area contributed by atoms with Gasteiger partial charge >= 0.3 is 12.4 Å². The number of aliphatic hydroxyl groups is 1. The number of carbonyl (C=O) groups is 2. The van der Waals surface area contributed by atoms with Gasteiger partial charge in [0.05, 0.1) is 23.2 Å². The molecule has 2 aromatic carbocycles. The molecule has 2 amide bonds. The lowest BCUT2D eigenvalue weighted by Gasteiger charge is -2.46. The lowest BCUT2D eigenvalue weighted by Crippen LogP contribution is -2.60. The molecule has 0 aliphatic carbocycles. The Hall–Kier alpha value is -4.53. The van der Waals surface area contributed by atoms with Crippen LogP contribution in [0.15, 0.2) is 66.2 Å². The number of hydrogen-bond donors (Lipinski definition) is 2. The van der Waals surface area contributed by atoms with Crippen LogP contribution in [-0.2, 0) is 28.5 Å². The van der Waals surface area contributed by atoms with Crippen molar-refractivity contribution in [1.82, 2.24) is 15.0 Å². The number of anilines is 1. The molecule has 1 saturated heterocycles. The first kappa shape index (κ1) is 30.9. The number of carbonyl (C=O) groups excluding carboxylic acids is 2. The van der Waals surface area contributed by atoms with Gasteiger partial charge in [0.15, 0.2) is 11.6 Å². The minimum absolute atomic E-state index is 0.212. The van der Waals surface area contributed by atoms with Crippen LogP contribution in [0.4, 0.5) is 40.8 Å². The zero-order valence-electron chi connectivity index (χ0n) is 22.7. The maximum Gasteiger partial charge on any atom is 0.417 e. The van der Waals surface area contributed by atoms with Gasteiger partial charge in [0, 0.05) is 41.3 Å². The van der Waals surface area contributed by atoms with Gasteiger partial charge in [-0.15, -0.1) is 0 Å². The highest BCUT2D eigenvalue weighted by molar-refractivity contribution is 6.24. The van der Waals surface area contributed by atoms with Crippen LogP contribution in [0.2, 0.25) is 0 Å². The highest BCUT2D eigenvalue weighted by Crippen LogP contribution is 2.43. The summed E-state index contributed by atoms with van der Waals surface area (Å²) in [7, 11) is 0. The first-order chi connectivity index (χ1) is 20.5. The largest absolute Gasteiger partial charge is 0.509 e. The standard InChI is InChI=1S/C29H22F8N4O3/c1-27-8-3-9-41(27)40(14-15-4-2-5-20(30)23(15)31)26(44)22(24(27)42)25(43)39-21-7-6-17(28(32,33)34)11-19(21)16-10-18(13-38-12-16)29(35,36)37/h2,4-7,10-13,42H,3,8-9,14H2,1H3,(H,39,43)/t27-/m1/s1. The SMILES string of the molecule is C[C@]12CCCN1N(Cc1cccc(F)c1F)C(=O)C(C(=O)Nc1ccc(C(F)(F)F)cc1-c1cncc(C(F)(F)F)c1)=C2O. The van der Waals surface area contributed by atoms with Gasteiger partial charge in [0.25, 0.3) is 11.8 Å². The quantitative estimate of drug-likeness (QED) is 0.246. The number of hydrazine groups is 1. The molecule has 0 saturated carbocycles. The second-order valence-corrected chi connectivity index (χ2v) is 10.5. The monoisotopic (exact) mass is 626 g/mol. The summed E-state index contributed by atoms with van der Waals surface area (Å²) < 4.78 is 109. The maximum absolute atomic E-state index is 14.5. The third kappa shape index (κ3) is 5.47. The number of amides is 2. The molecule has 2 aliphatic rings. The van der Waals surface area contributed by atoms with E-state index in [9.17, 15) is 49.8 Å². The molecule has 5 rings (SSSR count). The molecule has 2 N–H and O–H groups in total. The molecule has 0 spiro atoms. The molecule has 7 nitrogen and oxygen atoms in total. The molecule has 2 aliphatic heterocycles. The van der Waals surface area contributed by atoms with Crippen molar-refractivity contribution in [3.63, 3.8) is 0 Å². The van der Waals surface area contributed by atoms with Gasteiger partial charge in [-0.25, -0.2) is 13.8 Å². The summed E-state index contributed by atoms with van der Waals surface area (Å²) in [6.45, 7) is 1.20. The van der Waals surface area contributed by atoms with Gasteiger partial charge < -0.3 is 10.4 Å². The van der Waals surface area contributed by atoms with Crippen molar-refractivity contribution in [2.45, 2.75) is 44.2 Å². The average Bonchev–Trinajstić information content (AvgIpc) is 3.35. The highest BCUT2D eigenvalue weighted by atomic mass is 19.4. The van der Waals surface area contributed by atoms with E-state index in [2.05, 4.69) is 10.3 Å². The number of nitrogens with zero attached hydrogens (tertiary/aromatic N) is 3. The molecular weight excluding hydrogens is 604 g/mol. The number of alkyl halides is 6. The molecule has 232 valence electrons. The van der Waals surface area contributed by atoms with Crippen molar-refractivity contribution in [2.75, 3.05) is 11.9 Å². The summed E-state index contributed by atoms with van der Waals surface area (Å²) in [6.07, 6.45) is -7.76. The van der Waals surface area contributed by atoms with Crippen LogP contribution in [-0.4, -0.2) is 44.0 Å². The van der Waals surface area contributed by atoms with E-state index in [0.29, 0.717) is 30.8 Å². The van der Waals surface area contributed by atoms with Crippen molar-refractivity contribution >= 4 is 17.5 Å². The summed E-state index contributed by atoms with van der Waals surface area (Å²) in [5.41, 5.74) is -6.23. The number of benzene rings is 2. The topological polar surface area (TPSA) is 85.8 Å². The Bertz CT molecular complexity index is 1690. The van der Waals surface area contributed by atoms with Crippen LogP contribution in [0.25, 0.3) is 11.1 Å². The van der Waals surface area contributed by atoms with Crippen LogP contribution in [0.5, 0.6) is 0 Å². The highest BCUT2D eigenvalue weighted by Gasteiger charge is 2.52. The van der Waals surface area contributed by atoms with E-state index in [4.69, 9.17) is 0 Å². The third-order valence-corrected chi connectivity index (χ3v) is 7.64. The van der Waals surface area contributed by atoms with E-state index < -0.39 is 87.2 Å². The van der Waals surface area contributed by atoms with E-state index in [1.165, 1.54) is 24.1 Å². The van der Waals surface area contributed by atoms with Crippen molar-refractivity contribution in [1.29, 1.82) is 0 Å². The lowest BCUT2D eigenvalue weighted by atomic mass is 9.90. The minimum Gasteiger partial charge on any atom is -0.509 e. The molecule has 15 heteroatoms. The van der Waals surface area contributed by atoms with Crippen molar-refractivity contribution in [3.05, 3.63) is 94.5 Å². The first-order valence-electron chi connectivity index (χ1n) is 13.0. The van der Waals surface area contributed by atoms with E-state index in [-0.39, 0.29) is 18.5 Å². The molecule has 1 aromatic heterocycles. The number of hydrogen-bond acceptors (Lipinski definition) is 5. The number of pyridine rings is 1. The molecule has 1 atom stereocenters. The Labute approximate surface area is 244 Å². The van der Waals surface area contributed by atoms with Crippen LogP contribution >= 0.6 is 0 Å². The summed E-state index contributed by atoms with van der Waals surface area (Å²) in [5.74, 6) is -5.47. The Morgan fingerprint density at radius 1 is 1.02 bits per heavy atom. The van der Waals surface area contributed by atoms with Crippen molar-refractivity contribution in [2.24, 2.45) is 0 Å². The number of rotatable bonds is 5. The number of aliphatic hydroxyl groups excluding tert-OH is 1. The summed E-state index contributed by atoms with van der Waals surface area (Å²) >= 11 is 0. The summed E-state index contributed by atoms with van der Waals surface area (Å²) in [4.78, 5) is 30.7. The van der Waals surface area contributed by atoms with Crippen LogP contribution < -0.4 is 5.32 Å². The van der Waals surface area contributed by atoms with E-state index >= 15 is 0 Å². The first-order valence-corrected chi connectivity index (χ1v) is 13.0. The zero-order chi connectivity index (χ0) is 32.2. The van der Waals surface area contributed by atoms with Crippen molar-refractivity contribution < 1.29 is 49.8 Å². The lowest BCUT2D eigenvalue weighted by molar-refractivity contribution is -0.160. The molecule has 3 heterocycles. The Kier molecular flexibility index (Phi) is 7.64. The second-order valence-electron chi connectivity index (χ2n) is 10.5. The number of fused-ring (bicyclic) bond motifs is 1. The van der Waals surface area contributed by atoms with Gasteiger partial charge in [0.1, 0.15) is 11.3 Å². The summed E-state index contributed by atoms with van der Waals surface area (Å²) in [5, 5.41) is 15.8.